The van der Waals surface area contributed by atoms with Gasteiger partial charge in [-0.05, 0) is 56.2 Å². The van der Waals surface area contributed by atoms with Gasteiger partial charge in [-0.3, -0.25) is 0 Å². The van der Waals surface area contributed by atoms with E-state index in [1.807, 2.05) is 69.3 Å². The maximum atomic E-state index is 6.47. The van der Waals surface area contributed by atoms with Crippen molar-refractivity contribution in [3.63, 3.8) is 0 Å². The molecule has 2 aromatic carbocycles. The number of halogens is 2. The molecule has 0 aliphatic carbocycles. The van der Waals surface area contributed by atoms with E-state index in [9.17, 15) is 0 Å². The molecule has 0 spiro atoms. The van der Waals surface area contributed by atoms with Crippen LogP contribution in [-0.2, 0) is 0 Å². The van der Waals surface area contributed by atoms with Crippen LogP contribution in [0.25, 0.3) is 0 Å². The molecular formula is C19H22Cl2O2. The van der Waals surface area contributed by atoms with Crippen LogP contribution in [0.2, 0.25) is 0 Å². The Bertz CT molecular complexity index is 551. The molecule has 2 nitrogen and oxygen atoms in total. The largest absolute Gasteiger partial charge is 0.494 e. The molecule has 0 atom stereocenters. The van der Waals surface area contributed by atoms with Gasteiger partial charge in [0, 0.05) is 5.92 Å². The van der Waals surface area contributed by atoms with Crippen molar-refractivity contribution in [3.05, 3.63) is 59.7 Å². The molecule has 0 aromatic heterocycles. The van der Waals surface area contributed by atoms with E-state index in [1.54, 1.807) is 0 Å². The van der Waals surface area contributed by atoms with Gasteiger partial charge in [-0.1, -0.05) is 24.3 Å². The van der Waals surface area contributed by atoms with E-state index in [1.165, 1.54) is 0 Å². The van der Waals surface area contributed by atoms with Crippen LogP contribution < -0.4 is 9.47 Å². The highest BCUT2D eigenvalue weighted by atomic mass is 35.5. The van der Waals surface area contributed by atoms with Crippen molar-refractivity contribution in [2.45, 2.75) is 31.0 Å². The molecule has 23 heavy (non-hydrogen) atoms. The normalized spacial score (nSPS) is 11.6. The summed E-state index contributed by atoms with van der Waals surface area (Å²) in [5.41, 5.74) is 2.09. The molecule has 0 saturated heterocycles. The second kappa shape index (κ2) is 7.94. The van der Waals surface area contributed by atoms with Gasteiger partial charge >= 0.3 is 0 Å². The lowest BCUT2D eigenvalue weighted by molar-refractivity contribution is 0.340. The van der Waals surface area contributed by atoms with Gasteiger partial charge in [0.25, 0.3) is 0 Å². The predicted molar refractivity (Wildman–Crippen MR) is 97.2 cm³/mol. The molecule has 0 fully saturated rings. The summed E-state index contributed by atoms with van der Waals surface area (Å²) in [6.07, 6.45) is 0. The molecule has 0 N–H and O–H groups in total. The van der Waals surface area contributed by atoms with Gasteiger partial charge in [-0.15, -0.1) is 23.2 Å². The topological polar surface area (TPSA) is 18.5 Å². The molecule has 0 saturated carbocycles. The summed E-state index contributed by atoms with van der Waals surface area (Å²) in [5.74, 6) is 1.54. The van der Waals surface area contributed by atoms with E-state index in [4.69, 9.17) is 32.7 Å². The van der Waals surface area contributed by atoms with E-state index in [2.05, 4.69) is 0 Å². The number of rotatable bonds is 7. The molecule has 0 unspecified atom stereocenters. The minimum absolute atomic E-state index is 0.141. The fraction of sp³-hybridized carbons (Fsp3) is 0.368. The standard InChI is InChI=1S/C19H22Cl2O2/c1-4-22-16-10-6-14(7-11-16)18(19(3,20)21)15-8-12-17(13-9-15)23-5-2/h6-13,18H,4-5H2,1-3H3. The maximum Gasteiger partial charge on any atom is 0.126 e. The molecule has 0 radical (unpaired) electrons. The lowest BCUT2D eigenvalue weighted by atomic mass is 9.88. The minimum Gasteiger partial charge on any atom is -0.494 e. The van der Waals surface area contributed by atoms with Crippen molar-refractivity contribution in [1.82, 2.24) is 0 Å². The third-order valence-electron chi connectivity index (χ3n) is 3.56. The Morgan fingerprint density at radius 1 is 0.783 bits per heavy atom. The SMILES string of the molecule is CCOc1ccc(C(c2ccc(OCC)cc2)C(C)(Cl)Cl)cc1. The van der Waals surface area contributed by atoms with Crippen LogP contribution in [0, 0.1) is 0 Å². The highest BCUT2D eigenvalue weighted by molar-refractivity contribution is 6.48. The molecular weight excluding hydrogens is 331 g/mol. The van der Waals surface area contributed by atoms with E-state index >= 15 is 0 Å². The van der Waals surface area contributed by atoms with Gasteiger partial charge in [0.2, 0.25) is 0 Å². The molecule has 0 heterocycles. The number of ether oxygens (including phenoxy) is 2. The zero-order chi connectivity index (χ0) is 16.9. The minimum atomic E-state index is -0.930. The van der Waals surface area contributed by atoms with Crippen molar-refractivity contribution >= 4 is 23.2 Å². The first-order valence-electron chi connectivity index (χ1n) is 7.79. The summed E-state index contributed by atoms with van der Waals surface area (Å²) in [6, 6.07) is 15.8. The first kappa shape index (κ1) is 18.0. The molecule has 0 amide bonds. The molecule has 124 valence electrons. The Kier molecular flexibility index (Phi) is 6.20. The fourth-order valence-corrected chi connectivity index (χ4v) is 3.13. The van der Waals surface area contributed by atoms with Crippen LogP contribution >= 0.6 is 23.2 Å². The summed E-state index contributed by atoms with van der Waals surface area (Å²) in [6.45, 7) is 7.03. The summed E-state index contributed by atoms with van der Waals surface area (Å²) in [5, 5.41) is 0. The predicted octanol–water partition coefficient (Wildman–Crippen LogP) is 5.81. The lowest BCUT2D eigenvalue weighted by Gasteiger charge is -2.27. The van der Waals surface area contributed by atoms with Crippen molar-refractivity contribution in [2.24, 2.45) is 0 Å². The number of hydrogen-bond acceptors (Lipinski definition) is 2. The van der Waals surface area contributed by atoms with Gasteiger partial charge < -0.3 is 9.47 Å². The van der Waals surface area contributed by atoms with Crippen LogP contribution in [0.4, 0.5) is 0 Å². The molecule has 4 heteroatoms. The van der Waals surface area contributed by atoms with Gasteiger partial charge in [-0.25, -0.2) is 0 Å². The van der Waals surface area contributed by atoms with E-state index in [-0.39, 0.29) is 5.92 Å². The van der Waals surface area contributed by atoms with Crippen molar-refractivity contribution in [1.29, 1.82) is 0 Å². The summed E-state index contributed by atoms with van der Waals surface area (Å²) < 4.78 is 10.1. The van der Waals surface area contributed by atoms with Crippen molar-refractivity contribution < 1.29 is 9.47 Å². The Labute approximate surface area is 148 Å². The van der Waals surface area contributed by atoms with E-state index < -0.39 is 4.33 Å². The monoisotopic (exact) mass is 352 g/mol. The van der Waals surface area contributed by atoms with Crippen LogP contribution in [0.1, 0.15) is 37.8 Å². The molecule has 0 bridgehead atoms. The smallest absolute Gasteiger partial charge is 0.126 e. The summed E-state index contributed by atoms with van der Waals surface area (Å²) in [7, 11) is 0. The number of benzene rings is 2. The van der Waals surface area contributed by atoms with Crippen molar-refractivity contribution in [2.75, 3.05) is 13.2 Å². The second-order valence-electron chi connectivity index (χ2n) is 5.39. The van der Waals surface area contributed by atoms with Crippen LogP contribution in [0.5, 0.6) is 11.5 Å². The second-order valence-corrected chi connectivity index (χ2v) is 7.16. The maximum absolute atomic E-state index is 6.47. The highest BCUT2D eigenvalue weighted by Gasteiger charge is 2.32. The van der Waals surface area contributed by atoms with Gasteiger partial charge in [0.05, 0.1) is 13.2 Å². The van der Waals surface area contributed by atoms with Crippen LogP contribution in [0.15, 0.2) is 48.5 Å². The van der Waals surface area contributed by atoms with Crippen molar-refractivity contribution in [3.8, 4) is 11.5 Å². The van der Waals surface area contributed by atoms with Crippen LogP contribution in [0.3, 0.4) is 0 Å². The van der Waals surface area contributed by atoms with Gasteiger partial charge in [0.15, 0.2) is 0 Å². The van der Waals surface area contributed by atoms with E-state index in [0.29, 0.717) is 13.2 Å². The highest BCUT2D eigenvalue weighted by Crippen LogP contribution is 2.42. The lowest BCUT2D eigenvalue weighted by Crippen LogP contribution is -2.21. The quantitative estimate of drug-likeness (QED) is 0.585. The van der Waals surface area contributed by atoms with Crippen LogP contribution in [-0.4, -0.2) is 17.5 Å². The fourth-order valence-electron chi connectivity index (χ4n) is 2.62. The van der Waals surface area contributed by atoms with Gasteiger partial charge in [-0.2, -0.15) is 0 Å². The number of alkyl halides is 2. The average Bonchev–Trinajstić information content (AvgIpc) is 2.50. The first-order valence-corrected chi connectivity index (χ1v) is 8.54. The Hall–Kier alpha value is -1.38. The molecule has 2 aromatic rings. The summed E-state index contributed by atoms with van der Waals surface area (Å²) in [4.78, 5) is 0. The zero-order valence-corrected chi connectivity index (χ0v) is 15.2. The third kappa shape index (κ3) is 4.79. The van der Waals surface area contributed by atoms with Gasteiger partial charge in [0.1, 0.15) is 15.8 Å². The average molecular weight is 353 g/mol. The third-order valence-corrected chi connectivity index (χ3v) is 3.99. The molecule has 2 rings (SSSR count). The number of hydrogen-bond donors (Lipinski definition) is 0. The first-order chi connectivity index (χ1) is 11.0. The molecule has 0 aliphatic heterocycles. The molecule has 0 aliphatic rings. The Balaban J connectivity index is 2.33. The Morgan fingerprint density at radius 2 is 1.13 bits per heavy atom. The summed E-state index contributed by atoms with van der Waals surface area (Å²) >= 11 is 12.9. The Morgan fingerprint density at radius 3 is 1.39 bits per heavy atom. The zero-order valence-electron chi connectivity index (χ0n) is 13.7. The van der Waals surface area contributed by atoms with E-state index in [0.717, 1.165) is 22.6 Å².